The molecule has 0 bridgehead atoms. The van der Waals surface area contributed by atoms with Crippen LogP contribution in [0, 0.1) is 5.92 Å². The average molecular weight is 343 g/mol. The summed E-state index contributed by atoms with van der Waals surface area (Å²) in [5, 5.41) is 7.13. The van der Waals surface area contributed by atoms with Gasteiger partial charge < -0.3 is 15.0 Å². The SMILES string of the molecule is COCCC(=O)N1CCCC([C@@H]2C[C@H](C(F)F)n3ncnc3N2)C1. The lowest BCUT2D eigenvalue weighted by molar-refractivity contribution is -0.134. The lowest BCUT2D eigenvalue weighted by atomic mass is 9.86. The number of hydrogen-bond donors (Lipinski definition) is 1. The summed E-state index contributed by atoms with van der Waals surface area (Å²) in [6.45, 7) is 1.71. The van der Waals surface area contributed by atoms with Gasteiger partial charge in [-0.15, -0.1) is 0 Å². The zero-order chi connectivity index (χ0) is 17.1. The summed E-state index contributed by atoms with van der Waals surface area (Å²) in [6, 6.07) is -1.09. The highest BCUT2D eigenvalue weighted by Gasteiger charge is 2.38. The highest BCUT2D eigenvalue weighted by atomic mass is 19.3. The van der Waals surface area contributed by atoms with Crippen LogP contribution in [0.5, 0.6) is 0 Å². The quantitative estimate of drug-likeness (QED) is 0.878. The van der Waals surface area contributed by atoms with Crippen LogP contribution in [-0.2, 0) is 9.53 Å². The van der Waals surface area contributed by atoms with E-state index in [1.807, 2.05) is 4.90 Å². The molecule has 3 rings (SSSR count). The number of alkyl halides is 2. The number of carbonyl (C=O) groups is 1. The minimum Gasteiger partial charge on any atom is -0.384 e. The van der Waals surface area contributed by atoms with Gasteiger partial charge in [-0.2, -0.15) is 10.1 Å². The smallest absolute Gasteiger partial charge is 0.260 e. The maximum Gasteiger partial charge on any atom is 0.260 e. The first-order valence-corrected chi connectivity index (χ1v) is 8.31. The largest absolute Gasteiger partial charge is 0.384 e. The van der Waals surface area contributed by atoms with Crippen LogP contribution < -0.4 is 5.32 Å². The second kappa shape index (κ2) is 7.42. The van der Waals surface area contributed by atoms with E-state index < -0.39 is 12.5 Å². The summed E-state index contributed by atoms with van der Waals surface area (Å²) < 4.78 is 33.0. The molecule has 1 saturated heterocycles. The Hall–Kier alpha value is -1.77. The van der Waals surface area contributed by atoms with Crippen molar-refractivity contribution in [3.63, 3.8) is 0 Å². The second-order valence-electron chi connectivity index (χ2n) is 6.40. The van der Waals surface area contributed by atoms with Gasteiger partial charge in [0.15, 0.2) is 0 Å². The Kier molecular flexibility index (Phi) is 5.27. The van der Waals surface area contributed by atoms with E-state index in [1.165, 1.54) is 11.0 Å². The van der Waals surface area contributed by atoms with E-state index in [9.17, 15) is 13.6 Å². The third kappa shape index (κ3) is 3.50. The Morgan fingerprint density at radius 1 is 1.54 bits per heavy atom. The molecule has 1 N–H and O–H groups in total. The van der Waals surface area contributed by atoms with E-state index in [2.05, 4.69) is 15.4 Å². The number of carbonyl (C=O) groups excluding carboxylic acids is 1. The molecule has 0 spiro atoms. The van der Waals surface area contributed by atoms with Crippen molar-refractivity contribution in [1.82, 2.24) is 19.7 Å². The molecule has 2 aliphatic heterocycles. The van der Waals surface area contributed by atoms with Crippen LogP contribution in [-0.4, -0.2) is 64.8 Å². The van der Waals surface area contributed by atoms with Gasteiger partial charge in [0.25, 0.3) is 6.43 Å². The molecule has 0 saturated carbocycles. The van der Waals surface area contributed by atoms with Crippen LogP contribution in [0.4, 0.5) is 14.7 Å². The number of ether oxygens (including phenoxy) is 1. The number of fused-ring (bicyclic) bond motifs is 1. The van der Waals surface area contributed by atoms with E-state index in [1.54, 1.807) is 7.11 Å². The van der Waals surface area contributed by atoms with Crippen molar-refractivity contribution in [2.45, 2.75) is 44.2 Å². The van der Waals surface area contributed by atoms with Crippen molar-refractivity contribution >= 4 is 11.9 Å². The van der Waals surface area contributed by atoms with Gasteiger partial charge in [0, 0.05) is 26.2 Å². The zero-order valence-corrected chi connectivity index (χ0v) is 13.7. The van der Waals surface area contributed by atoms with E-state index in [0.29, 0.717) is 31.9 Å². The van der Waals surface area contributed by atoms with Gasteiger partial charge in [0.05, 0.1) is 13.0 Å². The fourth-order valence-corrected chi connectivity index (χ4v) is 3.61. The lowest BCUT2D eigenvalue weighted by Crippen LogP contribution is -2.48. The van der Waals surface area contributed by atoms with Crippen molar-refractivity contribution in [3.05, 3.63) is 6.33 Å². The van der Waals surface area contributed by atoms with E-state index in [-0.39, 0.29) is 17.9 Å². The van der Waals surface area contributed by atoms with Crippen LogP contribution in [0.15, 0.2) is 6.33 Å². The molecule has 2 aliphatic rings. The number of amides is 1. The first kappa shape index (κ1) is 17.1. The molecule has 1 aromatic heterocycles. The molecule has 134 valence electrons. The van der Waals surface area contributed by atoms with Gasteiger partial charge in [-0.3, -0.25) is 4.79 Å². The van der Waals surface area contributed by atoms with Crippen LogP contribution in [0.3, 0.4) is 0 Å². The van der Waals surface area contributed by atoms with Crippen molar-refractivity contribution in [1.29, 1.82) is 0 Å². The first-order chi connectivity index (χ1) is 11.6. The third-order valence-corrected chi connectivity index (χ3v) is 4.89. The van der Waals surface area contributed by atoms with E-state index in [0.717, 1.165) is 19.4 Å². The molecule has 1 aromatic rings. The predicted octanol–water partition coefficient (Wildman–Crippen LogP) is 1.54. The standard InChI is InChI=1S/C15H23F2N5O2/c1-24-6-4-13(23)21-5-2-3-10(8-21)11-7-12(14(16)17)22-15(20-11)18-9-19-22/h9-12,14H,2-8H2,1H3,(H,18,19,20)/t10?,11-,12+/m0/s1. The Morgan fingerprint density at radius 3 is 3.12 bits per heavy atom. The fraction of sp³-hybridized carbons (Fsp3) is 0.800. The zero-order valence-electron chi connectivity index (χ0n) is 13.7. The van der Waals surface area contributed by atoms with Gasteiger partial charge in [-0.05, 0) is 25.2 Å². The summed E-state index contributed by atoms with van der Waals surface area (Å²) >= 11 is 0. The minimum absolute atomic E-state index is 0.0611. The number of nitrogens with zero attached hydrogens (tertiary/aromatic N) is 4. The van der Waals surface area contributed by atoms with Gasteiger partial charge in [0.2, 0.25) is 11.9 Å². The van der Waals surface area contributed by atoms with Crippen molar-refractivity contribution in [2.75, 3.05) is 32.1 Å². The number of aromatic nitrogens is 3. The predicted molar refractivity (Wildman–Crippen MR) is 82.9 cm³/mol. The number of nitrogens with one attached hydrogen (secondary N) is 1. The van der Waals surface area contributed by atoms with Gasteiger partial charge in [-0.1, -0.05) is 0 Å². The summed E-state index contributed by atoms with van der Waals surface area (Å²) in [7, 11) is 1.57. The first-order valence-electron chi connectivity index (χ1n) is 8.31. The molecule has 24 heavy (non-hydrogen) atoms. The number of hydrogen-bond acceptors (Lipinski definition) is 5. The van der Waals surface area contributed by atoms with Crippen LogP contribution in [0.2, 0.25) is 0 Å². The maximum atomic E-state index is 13.4. The number of methoxy groups -OCH3 is 1. The van der Waals surface area contributed by atoms with Crippen LogP contribution in [0.1, 0.15) is 31.7 Å². The molecule has 0 aliphatic carbocycles. The summed E-state index contributed by atoms with van der Waals surface area (Å²) in [5.41, 5.74) is 0. The second-order valence-corrected chi connectivity index (χ2v) is 6.40. The molecule has 9 heteroatoms. The van der Waals surface area contributed by atoms with E-state index >= 15 is 0 Å². The highest BCUT2D eigenvalue weighted by Crippen LogP contribution is 2.35. The maximum absolute atomic E-state index is 13.4. The number of anilines is 1. The Balaban J connectivity index is 1.67. The molecule has 3 heterocycles. The molecule has 0 radical (unpaired) electrons. The number of piperidine rings is 1. The molecule has 7 nitrogen and oxygen atoms in total. The van der Waals surface area contributed by atoms with Gasteiger partial charge in [-0.25, -0.2) is 13.5 Å². The van der Waals surface area contributed by atoms with Crippen molar-refractivity contribution < 1.29 is 18.3 Å². The minimum atomic E-state index is -2.49. The topological polar surface area (TPSA) is 72.3 Å². The van der Waals surface area contributed by atoms with Gasteiger partial charge >= 0.3 is 0 Å². The molecular weight excluding hydrogens is 320 g/mol. The number of likely N-dealkylation sites (tertiary alicyclic amines) is 1. The third-order valence-electron chi connectivity index (χ3n) is 4.89. The summed E-state index contributed by atoms with van der Waals surface area (Å²) in [4.78, 5) is 18.1. The molecular formula is C15H23F2N5O2. The summed E-state index contributed by atoms with van der Waals surface area (Å²) in [5.74, 6) is 0.585. The Labute approximate surface area is 139 Å². The molecule has 0 aromatic carbocycles. The van der Waals surface area contributed by atoms with Gasteiger partial charge in [0.1, 0.15) is 12.4 Å². The van der Waals surface area contributed by atoms with Crippen molar-refractivity contribution in [3.8, 4) is 0 Å². The number of halogens is 2. The highest BCUT2D eigenvalue weighted by molar-refractivity contribution is 5.76. The van der Waals surface area contributed by atoms with E-state index in [4.69, 9.17) is 4.74 Å². The molecule has 3 atom stereocenters. The molecule has 1 amide bonds. The fourth-order valence-electron chi connectivity index (χ4n) is 3.61. The molecule has 1 fully saturated rings. The van der Waals surface area contributed by atoms with Crippen molar-refractivity contribution in [2.24, 2.45) is 5.92 Å². The Morgan fingerprint density at radius 2 is 2.38 bits per heavy atom. The lowest BCUT2D eigenvalue weighted by Gasteiger charge is -2.40. The van der Waals surface area contributed by atoms with Crippen LogP contribution >= 0.6 is 0 Å². The number of rotatable bonds is 5. The van der Waals surface area contributed by atoms with Crippen LogP contribution in [0.25, 0.3) is 0 Å². The molecule has 1 unspecified atom stereocenters. The Bertz CT molecular complexity index is 568. The normalized spacial score (nSPS) is 27.0. The summed E-state index contributed by atoms with van der Waals surface area (Å²) in [6.07, 6.45) is 1.25. The monoisotopic (exact) mass is 343 g/mol. The average Bonchev–Trinajstić information content (AvgIpc) is 3.07.